The quantitative estimate of drug-likeness (QED) is 0.466. The third-order valence-corrected chi connectivity index (χ3v) is 3.29. The Morgan fingerprint density at radius 1 is 0.950 bits per heavy atom. The maximum absolute atomic E-state index is 12.2. The number of ketones is 1. The van der Waals surface area contributed by atoms with Crippen molar-refractivity contribution in [2.24, 2.45) is 0 Å². The van der Waals surface area contributed by atoms with E-state index in [4.69, 9.17) is 0 Å². The highest BCUT2D eigenvalue weighted by Crippen LogP contribution is 2.22. The van der Waals surface area contributed by atoms with Crippen molar-refractivity contribution in [3.05, 3.63) is 35.4 Å². The molecule has 0 N–H and O–H groups in total. The number of hydrogen-bond donors (Lipinski definition) is 0. The van der Waals surface area contributed by atoms with Gasteiger partial charge in [-0.05, 0) is 18.4 Å². The first-order valence-electron chi connectivity index (χ1n) is 7.15. The van der Waals surface area contributed by atoms with E-state index in [-0.39, 0.29) is 5.56 Å². The highest BCUT2D eigenvalue weighted by atomic mass is 19.4. The molecule has 0 bridgehead atoms. The van der Waals surface area contributed by atoms with Crippen molar-refractivity contribution < 1.29 is 18.0 Å². The molecule has 1 rings (SSSR count). The Balaban J connectivity index is 2.38. The fourth-order valence-electron chi connectivity index (χ4n) is 2.10. The molecule has 0 aliphatic rings. The van der Waals surface area contributed by atoms with Crippen LogP contribution in [0, 0.1) is 0 Å². The van der Waals surface area contributed by atoms with Gasteiger partial charge in [-0.15, -0.1) is 0 Å². The molecule has 0 saturated carbocycles. The van der Waals surface area contributed by atoms with Crippen LogP contribution in [0.15, 0.2) is 24.3 Å². The van der Waals surface area contributed by atoms with Gasteiger partial charge in [0.1, 0.15) is 0 Å². The van der Waals surface area contributed by atoms with Gasteiger partial charge in [-0.2, -0.15) is 13.2 Å². The van der Waals surface area contributed by atoms with E-state index in [0.717, 1.165) is 24.8 Å². The molecule has 4 heteroatoms. The molecule has 0 unspecified atom stereocenters. The zero-order valence-electron chi connectivity index (χ0n) is 11.8. The molecular formula is C16H21F3O. The largest absolute Gasteiger partial charge is 0.454 e. The van der Waals surface area contributed by atoms with Crippen molar-refractivity contribution in [3.63, 3.8) is 0 Å². The molecule has 0 aromatic heterocycles. The van der Waals surface area contributed by atoms with Crippen molar-refractivity contribution in [1.29, 1.82) is 0 Å². The lowest BCUT2D eigenvalue weighted by atomic mass is 10.0. The molecule has 0 spiro atoms. The zero-order valence-corrected chi connectivity index (χ0v) is 11.8. The van der Waals surface area contributed by atoms with E-state index in [1.54, 1.807) is 12.1 Å². The summed E-state index contributed by atoms with van der Waals surface area (Å²) >= 11 is 0. The van der Waals surface area contributed by atoms with Gasteiger partial charge in [-0.3, -0.25) is 4.79 Å². The number of alkyl halides is 3. The van der Waals surface area contributed by atoms with E-state index in [1.807, 2.05) is 0 Å². The summed E-state index contributed by atoms with van der Waals surface area (Å²) in [7, 11) is 0. The van der Waals surface area contributed by atoms with Crippen LogP contribution in [-0.2, 0) is 6.42 Å². The Hall–Kier alpha value is -1.32. The van der Waals surface area contributed by atoms with Crippen molar-refractivity contribution >= 4 is 5.78 Å². The highest BCUT2D eigenvalue weighted by Gasteiger charge is 2.39. The minimum atomic E-state index is -4.79. The molecule has 0 radical (unpaired) electrons. The normalized spacial score (nSPS) is 11.6. The van der Waals surface area contributed by atoms with Crippen molar-refractivity contribution in [1.82, 2.24) is 0 Å². The van der Waals surface area contributed by atoms with Gasteiger partial charge in [0.05, 0.1) is 0 Å². The highest BCUT2D eigenvalue weighted by molar-refractivity contribution is 6.00. The van der Waals surface area contributed by atoms with E-state index in [0.29, 0.717) is 0 Å². The van der Waals surface area contributed by atoms with Gasteiger partial charge >= 0.3 is 6.18 Å². The van der Waals surface area contributed by atoms with Gasteiger partial charge in [0.15, 0.2) is 0 Å². The first kappa shape index (κ1) is 16.7. The number of Topliss-reactive ketones (excluding diaryl/α,β-unsaturated/α-hetero) is 1. The topological polar surface area (TPSA) is 17.1 Å². The molecule has 0 aliphatic heterocycles. The molecule has 0 amide bonds. The Kier molecular flexibility index (Phi) is 6.76. The molecule has 112 valence electrons. The van der Waals surface area contributed by atoms with Crippen LogP contribution in [0.2, 0.25) is 0 Å². The third kappa shape index (κ3) is 5.76. The number of aryl methyl sites for hydroxylation is 1. The first-order valence-corrected chi connectivity index (χ1v) is 7.15. The smallest absolute Gasteiger partial charge is 0.284 e. The monoisotopic (exact) mass is 286 g/mol. The summed E-state index contributed by atoms with van der Waals surface area (Å²) < 4.78 is 36.7. The number of halogens is 3. The number of carbonyl (C=O) groups excluding carboxylic acids is 1. The molecule has 1 aromatic rings. The first-order chi connectivity index (χ1) is 9.45. The average Bonchev–Trinajstić information content (AvgIpc) is 2.41. The van der Waals surface area contributed by atoms with E-state index < -0.39 is 12.0 Å². The predicted molar refractivity (Wildman–Crippen MR) is 73.9 cm³/mol. The van der Waals surface area contributed by atoms with Gasteiger partial charge in [0.2, 0.25) is 0 Å². The van der Waals surface area contributed by atoms with E-state index in [9.17, 15) is 18.0 Å². The SMILES string of the molecule is CCCCCCCCc1ccc(C(=O)C(F)(F)F)cc1. The van der Waals surface area contributed by atoms with Crippen LogP contribution >= 0.6 is 0 Å². The molecule has 20 heavy (non-hydrogen) atoms. The van der Waals surface area contributed by atoms with Crippen LogP contribution in [0.3, 0.4) is 0 Å². The fraction of sp³-hybridized carbons (Fsp3) is 0.562. The van der Waals surface area contributed by atoms with Gasteiger partial charge in [-0.25, -0.2) is 0 Å². The number of benzene rings is 1. The van der Waals surface area contributed by atoms with Crippen LogP contribution in [-0.4, -0.2) is 12.0 Å². The molecule has 0 heterocycles. The minimum Gasteiger partial charge on any atom is -0.284 e. The Morgan fingerprint density at radius 2 is 1.50 bits per heavy atom. The average molecular weight is 286 g/mol. The van der Waals surface area contributed by atoms with Crippen molar-refractivity contribution in [2.45, 2.75) is 58.0 Å². The van der Waals surface area contributed by atoms with Crippen LogP contribution in [0.4, 0.5) is 13.2 Å². The molecule has 0 fully saturated rings. The number of carbonyl (C=O) groups is 1. The fourth-order valence-corrected chi connectivity index (χ4v) is 2.10. The lowest BCUT2D eigenvalue weighted by molar-refractivity contribution is -0.0885. The van der Waals surface area contributed by atoms with Gasteiger partial charge < -0.3 is 0 Å². The zero-order chi connectivity index (χ0) is 15.0. The maximum atomic E-state index is 12.2. The number of unbranched alkanes of at least 4 members (excludes halogenated alkanes) is 5. The molecular weight excluding hydrogens is 265 g/mol. The molecule has 1 nitrogen and oxygen atoms in total. The van der Waals surface area contributed by atoms with E-state index in [2.05, 4.69) is 6.92 Å². The summed E-state index contributed by atoms with van der Waals surface area (Å²) in [4.78, 5) is 11.0. The minimum absolute atomic E-state index is 0.288. The predicted octanol–water partition coefficient (Wildman–Crippen LogP) is 5.33. The lowest BCUT2D eigenvalue weighted by Gasteiger charge is -2.06. The van der Waals surface area contributed by atoms with Gasteiger partial charge in [0.25, 0.3) is 5.78 Å². The van der Waals surface area contributed by atoms with Crippen LogP contribution < -0.4 is 0 Å². The summed E-state index contributed by atoms with van der Waals surface area (Å²) in [5.41, 5.74) is 0.698. The second kappa shape index (κ2) is 8.08. The Morgan fingerprint density at radius 3 is 2.05 bits per heavy atom. The summed E-state index contributed by atoms with van der Waals surface area (Å²) in [5, 5.41) is 0. The van der Waals surface area contributed by atoms with E-state index >= 15 is 0 Å². The second-order valence-corrected chi connectivity index (χ2v) is 5.04. The second-order valence-electron chi connectivity index (χ2n) is 5.04. The third-order valence-electron chi connectivity index (χ3n) is 3.29. The summed E-state index contributed by atoms with van der Waals surface area (Å²) in [5.74, 6) is -1.77. The number of rotatable bonds is 8. The van der Waals surface area contributed by atoms with E-state index in [1.165, 1.54) is 37.8 Å². The molecule has 0 saturated heterocycles. The van der Waals surface area contributed by atoms with Crippen molar-refractivity contribution in [3.8, 4) is 0 Å². The summed E-state index contributed by atoms with van der Waals surface area (Å²) in [6, 6.07) is 5.76. The summed E-state index contributed by atoms with van der Waals surface area (Å²) in [6.45, 7) is 2.17. The van der Waals surface area contributed by atoms with Gasteiger partial charge in [0, 0.05) is 5.56 Å². The van der Waals surface area contributed by atoms with Crippen LogP contribution in [0.1, 0.15) is 61.4 Å². The standard InChI is InChI=1S/C16H21F3O/c1-2-3-4-5-6-7-8-13-9-11-14(12-10-13)15(20)16(17,18)19/h9-12H,2-8H2,1H3. The van der Waals surface area contributed by atoms with Crippen molar-refractivity contribution in [2.75, 3.05) is 0 Å². The molecule has 1 aromatic carbocycles. The summed E-state index contributed by atoms with van der Waals surface area (Å²) in [6.07, 6.45) is 3.17. The Bertz CT molecular complexity index is 407. The van der Waals surface area contributed by atoms with Crippen LogP contribution in [0.5, 0.6) is 0 Å². The van der Waals surface area contributed by atoms with Crippen LogP contribution in [0.25, 0.3) is 0 Å². The molecule has 0 atom stereocenters. The lowest BCUT2D eigenvalue weighted by Crippen LogP contribution is -2.22. The van der Waals surface area contributed by atoms with Gasteiger partial charge in [-0.1, -0.05) is 63.3 Å². The Labute approximate surface area is 118 Å². The maximum Gasteiger partial charge on any atom is 0.454 e. The number of hydrogen-bond acceptors (Lipinski definition) is 1. The molecule has 0 aliphatic carbocycles.